The second kappa shape index (κ2) is 6.15. The minimum absolute atomic E-state index is 0.124. The number of primary amides is 1. The molecule has 0 atom stereocenters. The van der Waals surface area contributed by atoms with Gasteiger partial charge in [0.2, 0.25) is 5.91 Å². The molecule has 5 N–H and O–H groups in total. The number of amides is 1. The van der Waals surface area contributed by atoms with E-state index in [1.165, 1.54) is 0 Å². The van der Waals surface area contributed by atoms with E-state index in [2.05, 4.69) is 29.2 Å². The number of anilines is 2. The zero-order valence-electron chi connectivity index (χ0n) is 11.0. The van der Waals surface area contributed by atoms with Gasteiger partial charge in [-0.05, 0) is 12.8 Å². The maximum Gasteiger partial charge on any atom is 0.236 e. The SMILES string of the molecule is Cc1nc(NN)cc(N(CC(N)=O)CC(C)C)n1. The molecule has 0 aromatic carbocycles. The van der Waals surface area contributed by atoms with Crippen LogP contribution in [0, 0.1) is 12.8 Å². The van der Waals surface area contributed by atoms with Crippen LogP contribution in [-0.4, -0.2) is 29.0 Å². The number of hydrogen-bond donors (Lipinski definition) is 3. The Hall–Kier alpha value is -1.89. The fraction of sp³-hybridized carbons (Fsp3) is 0.545. The van der Waals surface area contributed by atoms with Crippen LogP contribution in [0.15, 0.2) is 6.07 Å². The molecule has 1 aromatic rings. The van der Waals surface area contributed by atoms with Crippen LogP contribution in [-0.2, 0) is 4.79 Å². The summed E-state index contributed by atoms with van der Waals surface area (Å²) in [4.78, 5) is 21.3. The van der Waals surface area contributed by atoms with E-state index in [9.17, 15) is 4.79 Å². The molecule has 0 aliphatic heterocycles. The van der Waals surface area contributed by atoms with E-state index in [0.717, 1.165) is 0 Å². The summed E-state index contributed by atoms with van der Waals surface area (Å²) in [6, 6.07) is 1.69. The van der Waals surface area contributed by atoms with Crippen molar-refractivity contribution in [3.05, 3.63) is 11.9 Å². The van der Waals surface area contributed by atoms with Gasteiger partial charge >= 0.3 is 0 Å². The number of aryl methyl sites for hydroxylation is 1. The molecule has 0 fully saturated rings. The summed E-state index contributed by atoms with van der Waals surface area (Å²) in [6.07, 6.45) is 0. The van der Waals surface area contributed by atoms with Crippen LogP contribution in [0.3, 0.4) is 0 Å². The van der Waals surface area contributed by atoms with Gasteiger partial charge in [-0.3, -0.25) is 4.79 Å². The monoisotopic (exact) mass is 252 g/mol. The molecule has 0 radical (unpaired) electrons. The number of nitrogens with two attached hydrogens (primary N) is 2. The number of hydrogen-bond acceptors (Lipinski definition) is 6. The van der Waals surface area contributed by atoms with Gasteiger partial charge in [0.05, 0.1) is 6.54 Å². The lowest BCUT2D eigenvalue weighted by Gasteiger charge is -2.24. The molecule has 1 aromatic heterocycles. The maximum absolute atomic E-state index is 11.1. The first-order valence-electron chi connectivity index (χ1n) is 5.78. The Morgan fingerprint density at radius 3 is 2.67 bits per heavy atom. The summed E-state index contributed by atoms with van der Waals surface area (Å²) in [6.45, 7) is 6.69. The number of nitrogens with zero attached hydrogens (tertiary/aromatic N) is 3. The van der Waals surface area contributed by atoms with Crippen molar-refractivity contribution in [1.82, 2.24) is 9.97 Å². The summed E-state index contributed by atoms with van der Waals surface area (Å²) >= 11 is 0. The van der Waals surface area contributed by atoms with Gasteiger partial charge in [0.25, 0.3) is 0 Å². The van der Waals surface area contributed by atoms with Crippen LogP contribution < -0.4 is 21.9 Å². The van der Waals surface area contributed by atoms with E-state index in [1.807, 2.05) is 4.90 Å². The normalized spacial score (nSPS) is 10.5. The molecule has 0 saturated heterocycles. The largest absolute Gasteiger partial charge is 0.368 e. The van der Waals surface area contributed by atoms with E-state index in [0.29, 0.717) is 29.9 Å². The highest BCUT2D eigenvalue weighted by Gasteiger charge is 2.14. The molecule has 0 spiro atoms. The van der Waals surface area contributed by atoms with E-state index < -0.39 is 5.91 Å². The van der Waals surface area contributed by atoms with Crippen molar-refractivity contribution >= 4 is 17.5 Å². The fourth-order valence-electron chi connectivity index (χ4n) is 1.66. The Labute approximate surface area is 107 Å². The molecule has 7 heteroatoms. The summed E-state index contributed by atoms with van der Waals surface area (Å²) in [7, 11) is 0. The van der Waals surface area contributed by atoms with Crippen molar-refractivity contribution in [2.75, 3.05) is 23.4 Å². The summed E-state index contributed by atoms with van der Waals surface area (Å²) < 4.78 is 0. The fourth-order valence-corrected chi connectivity index (χ4v) is 1.66. The minimum atomic E-state index is -0.394. The molecule has 1 amide bonds. The molecule has 0 bridgehead atoms. The van der Waals surface area contributed by atoms with Gasteiger partial charge in [-0.15, -0.1) is 0 Å². The Morgan fingerprint density at radius 1 is 1.50 bits per heavy atom. The molecule has 1 rings (SSSR count). The molecular weight excluding hydrogens is 232 g/mol. The van der Waals surface area contributed by atoms with Crippen molar-refractivity contribution in [1.29, 1.82) is 0 Å². The zero-order chi connectivity index (χ0) is 13.7. The van der Waals surface area contributed by atoms with Crippen LogP contribution in [0.1, 0.15) is 19.7 Å². The highest BCUT2D eigenvalue weighted by molar-refractivity contribution is 5.79. The third-order valence-corrected chi connectivity index (χ3v) is 2.23. The third kappa shape index (κ3) is 4.17. The zero-order valence-corrected chi connectivity index (χ0v) is 11.0. The Balaban J connectivity index is 3.02. The Bertz CT molecular complexity index is 420. The highest BCUT2D eigenvalue weighted by atomic mass is 16.1. The number of aromatic nitrogens is 2. The van der Waals surface area contributed by atoms with Gasteiger partial charge in [0.1, 0.15) is 17.5 Å². The lowest BCUT2D eigenvalue weighted by Crippen LogP contribution is -2.37. The highest BCUT2D eigenvalue weighted by Crippen LogP contribution is 2.16. The molecule has 7 nitrogen and oxygen atoms in total. The smallest absolute Gasteiger partial charge is 0.236 e. The molecule has 0 saturated carbocycles. The van der Waals surface area contributed by atoms with E-state index in [4.69, 9.17) is 11.6 Å². The quantitative estimate of drug-likeness (QED) is 0.486. The molecular formula is C11H20N6O. The maximum atomic E-state index is 11.1. The van der Waals surface area contributed by atoms with Crippen molar-refractivity contribution in [3.8, 4) is 0 Å². The van der Waals surface area contributed by atoms with Gasteiger partial charge in [0.15, 0.2) is 0 Å². The van der Waals surface area contributed by atoms with Crippen LogP contribution in [0.2, 0.25) is 0 Å². The topological polar surface area (TPSA) is 110 Å². The first-order valence-corrected chi connectivity index (χ1v) is 5.78. The van der Waals surface area contributed by atoms with Crippen LogP contribution in [0.4, 0.5) is 11.6 Å². The van der Waals surface area contributed by atoms with Crippen LogP contribution in [0.5, 0.6) is 0 Å². The van der Waals surface area contributed by atoms with Gasteiger partial charge in [-0.2, -0.15) is 0 Å². The standard InChI is InChI=1S/C11H20N6O/c1-7(2)5-17(6-9(12)18)11-4-10(16-13)14-8(3)15-11/h4,7H,5-6,13H2,1-3H3,(H2,12,18)(H,14,15,16). The number of nitrogen functional groups attached to an aromatic ring is 1. The minimum Gasteiger partial charge on any atom is -0.368 e. The molecule has 18 heavy (non-hydrogen) atoms. The van der Waals surface area contributed by atoms with Gasteiger partial charge in [0, 0.05) is 12.6 Å². The summed E-state index contributed by atoms with van der Waals surface area (Å²) in [5.74, 6) is 7.06. The lowest BCUT2D eigenvalue weighted by molar-refractivity contribution is -0.116. The number of carbonyl (C=O) groups excluding carboxylic acids is 1. The molecule has 0 unspecified atom stereocenters. The third-order valence-electron chi connectivity index (χ3n) is 2.23. The number of rotatable bonds is 6. The van der Waals surface area contributed by atoms with Gasteiger partial charge < -0.3 is 16.1 Å². The predicted octanol–water partition coefficient (Wildman–Crippen LogP) is 0.0183. The Morgan fingerprint density at radius 2 is 2.17 bits per heavy atom. The Kier molecular flexibility index (Phi) is 4.85. The molecule has 0 aliphatic rings. The second-order valence-electron chi connectivity index (χ2n) is 4.54. The van der Waals surface area contributed by atoms with Crippen LogP contribution in [0.25, 0.3) is 0 Å². The van der Waals surface area contributed by atoms with E-state index in [1.54, 1.807) is 13.0 Å². The van der Waals surface area contributed by atoms with E-state index in [-0.39, 0.29) is 6.54 Å². The van der Waals surface area contributed by atoms with Crippen molar-refractivity contribution in [2.24, 2.45) is 17.5 Å². The number of carbonyl (C=O) groups is 1. The molecule has 0 aliphatic carbocycles. The van der Waals surface area contributed by atoms with Crippen LogP contribution >= 0.6 is 0 Å². The van der Waals surface area contributed by atoms with Crippen molar-refractivity contribution in [3.63, 3.8) is 0 Å². The van der Waals surface area contributed by atoms with Gasteiger partial charge in [-0.25, -0.2) is 15.8 Å². The first kappa shape index (κ1) is 14.2. The average molecular weight is 252 g/mol. The molecule has 1 heterocycles. The van der Waals surface area contributed by atoms with Crippen molar-refractivity contribution < 1.29 is 4.79 Å². The average Bonchev–Trinajstić information content (AvgIpc) is 2.26. The first-order chi connectivity index (χ1) is 8.42. The van der Waals surface area contributed by atoms with E-state index >= 15 is 0 Å². The van der Waals surface area contributed by atoms with Crippen molar-refractivity contribution in [2.45, 2.75) is 20.8 Å². The summed E-state index contributed by atoms with van der Waals surface area (Å²) in [5, 5.41) is 0. The molecule has 100 valence electrons. The lowest BCUT2D eigenvalue weighted by atomic mass is 10.2. The summed E-state index contributed by atoms with van der Waals surface area (Å²) in [5.41, 5.74) is 7.73. The number of nitrogens with one attached hydrogen (secondary N) is 1. The van der Waals surface area contributed by atoms with Gasteiger partial charge in [-0.1, -0.05) is 13.8 Å². The second-order valence-corrected chi connectivity index (χ2v) is 4.54. The predicted molar refractivity (Wildman–Crippen MR) is 70.8 cm³/mol. The number of hydrazine groups is 1.